The predicted octanol–water partition coefficient (Wildman–Crippen LogP) is 2.85. The molecule has 1 atom stereocenters. The van der Waals surface area contributed by atoms with Crippen molar-refractivity contribution in [3.8, 4) is 0 Å². The van der Waals surface area contributed by atoms with Crippen LogP contribution < -0.4 is 10.6 Å². The molecule has 0 bridgehead atoms. The Morgan fingerprint density at radius 3 is 2.67 bits per heavy atom. The Bertz CT molecular complexity index is 618. The van der Waals surface area contributed by atoms with Crippen molar-refractivity contribution < 1.29 is 14.3 Å². The smallest absolute Gasteiger partial charge is 0.317 e. The molecule has 1 aromatic rings. The lowest BCUT2D eigenvalue weighted by Gasteiger charge is -2.39. The van der Waals surface area contributed by atoms with Crippen LogP contribution in [0.5, 0.6) is 0 Å². The van der Waals surface area contributed by atoms with Gasteiger partial charge in [-0.3, -0.25) is 4.79 Å². The summed E-state index contributed by atoms with van der Waals surface area (Å²) >= 11 is 0. The molecule has 2 rings (SSSR count). The Morgan fingerprint density at radius 1 is 1.22 bits per heavy atom. The van der Waals surface area contributed by atoms with Crippen molar-refractivity contribution in [1.82, 2.24) is 15.5 Å². The number of carbonyl (C=O) groups excluding carboxylic acids is 2. The number of ether oxygens (including phenoxy) is 1. The summed E-state index contributed by atoms with van der Waals surface area (Å²) in [5.41, 5.74) is 1.73. The number of nitrogens with one attached hydrogen (secondary N) is 2. The quantitative estimate of drug-likeness (QED) is 0.687. The van der Waals surface area contributed by atoms with Crippen LogP contribution in [0.15, 0.2) is 24.3 Å². The first-order chi connectivity index (χ1) is 12.9. The van der Waals surface area contributed by atoms with Gasteiger partial charge in [0.15, 0.2) is 0 Å². The first kappa shape index (κ1) is 21.2. The minimum atomic E-state index is -0.550. The lowest BCUT2D eigenvalue weighted by atomic mass is 9.81. The number of amides is 3. The van der Waals surface area contributed by atoms with E-state index >= 15 is 0 Å². The summed E-state index contributed by atoms with van der Waals surface area (Å²) in [6.45, 7) is 9.53. The van der Waals surface area contributed by atoms with Crippen molar-refractivity contribution in [2.45, 2.75) is 46.6 Å². The highest BCUT2D eigenvalue weighted by Gasteiger charge is 2.39. The minimum Gasteiger partial charge on any atom is -0.382 e. The molecule has 6 nitrogen and oxygen atoms in total. The van der Waals surface area contributed by atoms with Crippen LogP contribution in [-0.4, -0.2) is 49.7 Å². The largest absolute Gasteiger partial charge is 0.382 e. The molecule has 6 heteroatoms. The van der Waals surface area contributed by atoms with Crippen LogP contribution in [0.4, 0.5) is 4.79 Å². The van der Waals surface area contributed by atoms with Crippen molar-refractivity contribution in [2.75, 3.05) is 32.8 Å². The third kappa shape index (κ3) is 6.54. The van der Waals surface area contributed by atoms with Crippen LogP contribution >= 0.6 is 0 Å². The van der Waals surface area contributed by atoms with Gasteiger partial charge in [-0.2, -0.15) is 0 Å². The van der Waals surface area contributed by atoms with Crippen molar-refractivity contribution in [2.24, 2.45) is 5.41 Å². The molecule has 0 unspecified atom stereocenters. The standard InChI is InChI=1S/C21H33N3O3/c1-4-27-14-6-12-22-20(26)24-13-5-11-21(3,16-24)19(25)23-15-18-9-7-17(2)8-10-18/h7-10H,4-6,11-16H2,1-3H3,(H,22,26)(H,23,25)/t21-/m0/s1. The van der Waals surface area contributed by atoms with Crippen LogP contribution in [-0.2, 0) is 16.1 Å². The number of aryl methyl sites for hydroxylation is 1. The molecule has 2 N–H and O–H groups in total. The van der Waals surface area contributed by atoms with Crippen LogP contribution in [0.25, 0.3) is 0 Å². The van der Waals surface area contributed by atoms with E-state index in [9.17, 15) is 9.59 Å². The summed E-state index contributed by atoms with van der Waals surface area (Å²) < 4.78 is 5.28. The van der Waals surface area contributed by atoms with E-state index in [0.29, 0.717) is 39.4 Å². The fourth-order valence-electron chi connectivity index (χ4n) is 3.33. The predicted molar refractivity (Wildman–Crippen MR) is 106 cm³/mol. The first-order valence-electron chi connectivity index (χ1n) is 9.89. The summed E-state index contributed by atoms with van der Waals surface area (Å²) in [4.78, 5) is 26.9. The summed E-state index contributed by atoms with van der Waals surface area (Å²) in [6, 6.07) is 8.05. The third-order valence-corrected chi connectivity index (χ3v) is 5.05. The van der Waals surface area contributed by atoms with E-state index in [1.807, 2.05) is 45.0 Å². The van der Waals surface area contributed by atoms with Gasteiger partial charge in [0, 0.05) is 39.4 Å². The second-order valence-corrected chi connectivity index (χ2v) is 7.54. The average molecular weight is 376 g/mol. The molecule has 1 saturated heterocycles. The summed E-state index contributed by atoms with van der Waals surface area (Å²) in [5, 5.41) is 5.97. The third-order valence-electron chi connectivity index (χ3n) is 5.05. The normalized spacial score (nSPS) is 19.6. The number of hydrogen-bond donors (Lipinski definition) is 2. The monoisotopic (exact) mass is 375 g/mol. The van der Waals surface area contributed by atoms with Crippen molar-refractivity contribution in [3.05, 3.63) is 35.4 Å². The van der Waals surface area contributed by atoms with Gasteiger partial charge in [-0.25, -0.2) is 4.79 Å². The van der Waals surface area contributed by atoms with E-state index in [2.05, 4.69) is 10.6 Å². The molecule has 3 amide bonds. The molecular weight excluding hydrogens is 342 g/mol. The van der Waals surface area contributed by atoms with Gasteiger partial charge in [-0.05, 0) is 45.6 Å². The zero-order chi connectivity index (χ0) is 19.7. The van der Waals surface area contributed by atoms with Crippen LogP contribution in [0.3, 0.4) is 0 Å². The number of benzene rings is 1. The van der Waals surface area contributed by atoms with Gasteiger partial charge in [-0.15, -0.1) is 0 Å². The van der Waals surface area contributed by atoms with Gasteiger partial charge >= 0.3 is 6.03 Å². The molecule has 1 aliphatic heterocycles. The lowest BCUT2D eigenvalue weighted by molar-refractivity contribution is -0.132. The summed E-state index contributed by atoms with van der Waals surface area (Å²) in [6.07, 6.45) is 2.42. The zero-order valence-corrected chi connectivity index (χ0v) is 16.8. The molecule has 150 valence electrons. The van der Waals surface area contributed by atoms with Crippen LogP contribution in [0.2, 0.25) is 0 Å². The topological polar surface area (TPSA) is 70.7 Å². The zero-order valence-electron chi connectivity index (χ0n) is 16.8. The molecule has 0 spiro atoms. The van der Waals surface area contributed by atoms with Crippen molar-refractivity contribution in [1.29, 1.82) is 0 Å². The SMILES string of the molecule is CCOCCCNC(=O)N1CCC[C@](C)(C(=O)NCc2ccc(C)cc2)C1. The van der Waals surface area contributed by atoms with Crippen molar-refractivity contribution in [3.63, 3.8) is 0 Å². The number of likely N-dealkylation sites (tertiary alicyclic amines) is 1. The molecule has 0 aromatic heterocycles. The van der Waals surface area contributed by atoms with Crippen LogP contribution in [0, 0.1) is 12.3 Å². The Hall–Kier alpha value is -2.08. The number of rotatable bonds is 8. The highest BCUT2D eigenvalue weighted by atomic mass is 16.5. The minimum absolute atomic E-state index is 0.0110. The van der Waals surface area contributed by atoms with E-state index in [1.54, 1.807) is 4.90 Å². The van der Waals surface area contributed by atoms with Gasteiger partial charge in [0.1, 0.15) is 0 Å². The molecule has 1 aliphatic rings. The number of carbonyl (C=O) groups is 2. The highest BCUT2D eigenvalue weighted by Crippen LogP contribution is 2.29. The fourth-order valence-corrected chi connectivity index (χ4v) is 3.33. The lowest BCUT2D eigenvalue weighted by Crippen LogP contribution is -2.54. The van der Waals surface area contributed by atoms with Gasteiger partial charge in [0.05, 0.1) is 5.41 Å². The van der Waals surface area contributed by atoms with Gasteiger partial charge in [0.2, 0.25) is 5.91 Å². The van der Waals surface area contributed by atoms with Gasteiger partial charge in [-0.1, -0.05) is 29.8 Å². The molecule has 0 aliphatic carbocycles. The van der Waals surface area contributed by atoms with E-state index in [0.717, 1.165) is 24.8 Å². The van der Waals surface area contributed by atoms with Gasteiger partial charge in [0.25, 0.3) is 0 Å². The first-order valence-corrected chi connectivity index (χ1v) is 9.89. The maximum atomic E-state index is 12.8. The van der Waals surface area contributed by atoms with Crippen LogP contribution in [0.1, 0.15) is 44.2 Å². The van der Waals surface area contributed by atoms with E-state index in [1.165, 1.54) is 5.56 Å². The number of hydrogen-bond acceptors (Lipinski definition) is 3. The second-order valence-electron chi connectivity index (χ2n) is 7.54. The maximum Gasteiger partial charge on any atom is 0.317 e. The molecule has 0 saturated carbocycles. The number of piperidine rings is 1. The van der Waals surface area contributed by atoms with E-state index in [-0.39, 0.29) is 11.9 Å². The average Bonchev–Trinajstić information content (AvgIpc) is 2.67. The molecule has 0 radical (unpaired) electrons. The Balaban J connectivity index is 1.81. The number of urea groups is 1. The molecule has 27 heavy (non-hydrogen) atoms. The van der Waals surface area contributed by atoms with Gasteiger partial charge < -0.3 is 20.3 Å². The Morgan fingerprint density at radius 2 is 1.96 bits per heavy atom. The summed E-state index contributed by atoms with van der Waals surface area (Å²) in [5.74, 6) is 0.0110. The van der Waals surface area contributed by atoms with E-state index < -0.39 is 5.41 Å². The second kappa shape index (κ2) is 10.3. The molecule has 1 fully saturated rings. The fraction of sp³-hybridized carbons (Fsp3) is 0.619. The van der Waals surface area contributed by atoms with E-state index in [4.69, 9.17) is 4.74 Å². The highest BCUT2D eigenvalue weighted by molar-refractivity contribution is 5.84. The Kier molecular flexibility index (Phi) is 8.10. The Labute approximate surface area is 162 Å². The molecular formula is C21H33N3O3. The molecule has 1 aromatic carbocycles. The van der Waals surface area contributed by atoms with Crippen molar-refractivity contribution >= 4 is 11.9 Å². The number of nitrogens with zero attached hydrogens (tertiary/aromatic N) is 1. The maximum absolute atomic E-state index is 12.8. The summed E-state index contributed by atoms with van der Waals surface area (Å²) in [7, 11) is 0. The molecule has 1 heterocycles.